The van der Waals surface area contributed by atoms with E-state index in [4.69, 9.17) is 5.73 Å². The van der Waals surface area contributed by atoms with Crippen molar-refractivity contribution >= 4 is 29.9 Å². The van der Waals surface area contributed by atoms with Gasteiger partial charge in [-0.15, -0.1) is 12.4 Å². The van der Waals surface area contributed by atoms with Gasteiger partial charge in [-0.05, 0) is 31.9 Å². The fourth-order valence-corrected chi connectivity index (χ4v) is 2.13. The Morgan fingerprint density at radius 2 is 1.87 bits per heavy atom. The molecule has 0 spiro atoms. The van der Waals surface area contributed by atoms with Gasteiger partial charge < -0.3 is 16.0 Å². The largest absolute Gasteiger partial charge is 0.333 e. The Morgan fingerprint density at radius 3 is 2.39 bits per heavy atom. The molecule has 0 saturated heterocycles. The minimum atomic E-state index is -0.294. The summed E-state index contributed by atoms with van der Waals surface area (Å²) >= 11 is 0. The van der Waals surface area contributed by atoms with E-state index in [2.05, 4.69) is 5.32 Å². The molecular weight excluding hydrogens is 314 g/mol. The van der Waals surface area contributed by atoms with Gasteiger partial charge in [0.15, 0.2) is 0 Å². The summed E-state index contributed by atoms with van der Waals surface area (Å²) in [6.07, 6.45) is 0.801. The number of amides is 2. The molecule has 1 aromatic carbocycles. The highest BCUT2D eigenvalue weighted by atomic mass is 35.5. The molecule has 5 nitrogen and oxygen atoms in total. The number of anilines is 1. The van der Waals surface area contributed by atoms with Crippen molar-refractivity contribution in [2.75, 3.05) is 18.4 Å². The van der Waals surface area contributed by atoms with Crippen molar-refractivity contribution in [3.8, 4) is 0 Å². The first kappa shape index (κ1) is 21.4. The number of benzene rings is 1. The maximum absolute atomic E-state index is 12.4. The fourth-order valence-electron chi connectivity index (χ4n) is 2.13. The lowest BCUT2D eigenvalue weighted by atomic mass is 10.0. The molecule has 0 aliphatic heterocycles. The fraction of sp³-hybridized carbons (Fsp3) is 0.529. The van der Waals surface area contributed by atoms with Crippen molar-refractivity contribution < 1.29 is 9.59 Å². The summed E-state index contributed by atoms with van der Waals surface area (Å²) in [5.41, 5.74) is 7.57. The third kappa shape index (κ3) is 6.59. The highest BCUT2D eigenvalue weighted by Crippen LogP contribution is 2.13. The third-order valence-corrected chi connectivity index (χ3v) is 3.74. The molecule has 0 aliphatic carbocycles. The molecule has 1 rings (SSSR count). The highest BCUT2D eigenvalue weighted by molar-refractivity contribution is 5.95. The number of carbonyl (C=O) groups excluding carboxylic acids is 2. The first-order valence-electron chi connectivity index (χ1n) is 7.76. The molecule has 0 bridgehead atoms. The van der Waals surface area contributed by atoms with Crippen molar-refractivity contribution in [3.63, 3.8) is 0 Å². The zero-order valence-electron chi connectivity index (χ0n) is 14.3. The number of nitrogens with two attached hydrogens (primary N) is 1. The Balaban J connectivity index is 0.00000484. The van der Waals surface area contributed by atoms with Crippen LogP contribution in [0.1, 0.15) is 32.8 Å². The van der Waals surface area contributed by atoms with Crippen LogP contribution in [-0.4, -0.2) is 35.8 Å². The molecule has 0 saturated carbocycles. The van der Waals surface area contributed by atoms with Crippen LogP contribution < -0.4 is 11.1 Å². The molecule has 2 unspecified atom stereocenters. The zero-order valence-corrected chi connectivity index (χ0v) is 15.2. The number of nitrogens with one attached hydrogen (secondary N) is 1. The Morgan fingerprint density at radius 1 is 1.26 bits per heavy atom. The first-order chi connectivity index (χ1) is 10.4. The number of hydrogen-bond donors (Lipinski definition) is 2. The Kier molecular flexibility index (Phi) is 9.53. The van der Waals surface area contributed by atoms with Gasteiger partial charge in [0, 0.05) is 18.3 Å². The van der Waals surface area contributed by atoms with E-state index in [1.165, 1.54) is 0 Å². The Labute approximate surface area is 145 Å². The van der Waals surface area contributed by atoms with Crippen molar-refractivity contribution in [1.82, 2.24) is 4.90 Å². The third-order valence-electron chi connectivity index (χ3n) is 3.74. The summed E-state index contributed by atoms with van der Waals surface area (Å²) in [5.74, 6) is -0.553. The normalized spacial score (nSPS) is 12.7. The number of nitrogens with zero attached hydrogens (tertiary/aromatic N) is 1. The molecule has 2 atom stereocenters. The van der Waals surface area contributed by atoms with Crippen LogP contribution in [0.25, 0.3) is 0 Å². The van der Waals surface area contributed by atoms with Crippen molar-refractivity contribution in [1.29, 1.82) is 0 Å². The van der Waals surface area contributed by atoms with Crippen LogP contribution in [0, 0.1) is 12.8 Å². The van der Waals surface area contributed by atoms with E-state index >= 15 is 0 Å². The van der Waals surface area contributed by atoms with E-state index in [1.54, 1.807) is 18.7 Å². The SMILES string of the molecule is CCCN(CC(=O)Nc1ccccc1C)C(=O)C(C)C(C)N.Cl. The van der Waals surface area contributed by atoms with E-state index in [-0.39, 0.29) is 42.7 Å². The summed E-state index contributed by atoms with van der Waals surface area (Å²) in [7, 11) is 0. The lowest BCUT2D eigenvalue weighted by Gasteiger charge is -2.26. The average Bonchev–Trinajstić information content (AvgIpc) is 2.47. The molecule has 1 aromatic rings. The van der Waals surface area contributed by atoms with Gasteiger partial charge in [-0.25, -0.2) is 0 Å². The molecular formula is C17H28ClN3O2. The molecule has 2 amide bonds. The van der Waals surface area contributed by atoms with E-state index < -0.39 is 0 Å². The Bertz CT molecular complexity index is 520. The maximum Gasteiger partial charge on any atom is 0.244 e. The minimum absolute atomic E-state index is 0. The summed E-state index contributed by atoms with van der Waals surface area (Å²) in [4.78, 5) is 26.2. The quantitative estimate of drug-likeness (QED) is 0.800. The molecule has 0 aliphatic rings. The predicted molar refractivity (Wildman–Crippen MR) is 96.7 cm³/mol. The van der Waals surface area contributed by atoms with Crippen LogP contribution in [0.3, 0.4) is 0 Å². The standard InChI is InChI=1S/C17H27N3O2.ClH/c1-5-10-20(17(22)13(3)14(4)18)11-16(21)19-15-9-7-6-8-12(15)2;/h6-9,13-14H,5,10-11,18H2,1-4H3,(H,19,21);1H. The smallest absolute Gasteiger partial charge is 0.244 e. The van der Waals surface area contributed by atoms with Crippen LogP contribution in [0.2, 0.25) is 0 Å². The zero-order chi connectivity index (χ0) is 16.7. The van der Waals surface area contributed by atoms with Gasteiger partial charge in [0.25, 0.3) is 0 Å². The lowest BCUT2D eigenvalue weighted by Crippen LogP contribution is -2.45. The number of rotatable bonds is 7. The van der Waals surface area contributed by atoms with E-state index in [0.29, 0.717) is 6.54 Å². The van der Waals surface area contributed by atoms with Gasteiger partial charge in [-0.3, -0.25) is 9.59 Å². The van der Waals surface area contributed by atoms with Gasteiger partial charge in [-0.1, -0.05) is 32.0 Å². The van der Waals surface area contributed by atoms with Crippen molar-refractivity contribution in [2.45, 2.75) is 40.2 Å². The summed E-state index contributed by atoms with van der Waals surface area (Å²) in [5, 5.41) is 2.86. The maximum atomic E-state index is 12.4. The number of carbonyl (C=O) groups is 2. The van der Waals surface area contributed by atoms with Crippen LogP contribution in [0.4, 0.5) is 5.69 Å². The molecule has 3 N–H and O–H groups in total. The van der Waals surface area contributed by atoms with Crippen LogP contribution in [0.5, 0.6) is 0 Å². The second-order valence-electron chi connectivity index (χ2n) is 5.77. The van der Waals surface area contributed by atoms with Crippen LogP contribution in [-0.2, 0) is 9.59 Å². The monoisotopic (exact) mass is 341 g/mol. The number of hydrogen-bond acceptors (Lipinski definition) is 3. The topological polar surface area (TPSA) is 75.4 Å². The summed E-state index contributed by atoms with van der Waals surface area (Å²) in [6, 6.07) is 7.34. The minimum Gasteiger partial charge on any atom is -0.333 e. The molecule has 23 heavy (non-hydrogen) atoms. The number of halogens is 1. The summed E-state index contributed by atoms with van der Waals surface area (Å²) < 4.78 is 0. The van der Waals surface area contributed by atoms with Gasteiger partial charge in [0.1, 0.15) is 0 Å². The molecule has 0 aromatic heterocycles. The van der Waals surface area contributed by atoms with E-state index in [9.17, 15) is 9.59 Å². The molecule has 0 radical (unpaired) electrons. The van der Waals surface area contributed by atoms with Gasteiger partial charge in [0.2, 0.25) is 11.8 Å². The average molecular weight is 342 g/mol. The van der Waals surface area contributed by atoms with Crippen LogP contribution >= 0.6 is 12.4 Å². The number of aryl methyl sites for hydroxylation is 1. The van der Waals surface area contributed by atoms with E-state index in [0.717, 1.165) is 17.7 Å². The van der Waals surface area contributed by atoms with Crippen LogP contribution in [0.15, 0.2) is 24.3 Å². The molecule has 6 heteroatoms. The molecule has 0 fully saturated rings. The first-order valence-corrected chi connectivity index (χ1v) is 7.76. The lowest BCUT2D eigenvalue weighted by molar-refractivity contribution is -0.138. The second-order valence-corrected chi connectivity index (χ2v) is 5.77. The molecule has 0 heterocycles. The second kappa shape index (κ2) is 10.2. The van der Waals surface area contributed by atoms with Gasteiger partial charge in [0.05, 0.1) is 12.5 Å². The highest BCUT2D eigenvalue weighted by Gasteiger charge is 2.24. The van der Waals surface area contributed by atoms with Gasteiger partial charge >= 0.3 is 0 Å². The Hall–Kier alpha value is -1.59. The van der Waals surface area contributed by atoms with Crippen molar-refractivity contribution in [3.05, 3.63) is 29.8 Å². The number of para-hydroxylation sites is 1. The predicted octanol–water partition coefficient (Wildman–Crippen LogP) is 2.58. The van der Waals surface area contributed by atoms with Crippen molar-refractivity contribution in [2.24, 2.45) is 11.7 Å². The van der Waals surface area contributed by atoms with E-state index in [1.807, 2.05) is 38.1 Å². The molecule has 130 valence electrons. The van der Waals surface area contributed by atoms with Gasteiger partial charge in [-0.2, -0.15) is 0 Å². The summed E-state index contributed by atoms with van der Waals surface area (Å²) in [6.45, 7) is 8.13.